The number of aliphatic hydroxyl groups is 1. The average molecular weight is 330 g/mol. The van der Waals surface area contributed by atoms with E-state index in [1.165, 1.54) is 11.8 Å². The summed E-state index contributed by atoms with van der Waals surface area (Å²) in [5, 5.41) is 12.8. The molecule has 3 rings (SSSR count). The number of aliphatic hydroxyl groups excluding tert-OH is 1. The minimum atomic E-state index is -0.276. The maximum atomic E-state index is 12.4. The van der Waals surface area contributed by atoms with Crippen LogP contribution in [0, 0.1) is 5.92 Å². The average Bonchev–Trinajstić information content (AvgIpc) is 2.59. The van der Waals surface area contributed by atoms with Gasteiger partial charge in [-0.15, -0.1) is 0 Å². The first kappa shape index (κ1) is 16.3. The number of hydrogen-bond donors (Lipinski definition) is 1. The summed E-state index contributed by atoms with van der Waals surface area (Å²) in [6.07, 6.45) is 3.30. The molecule has 5 heteroatoms. The predicted octanol–water partition coefficient (Wildman–Crippen LogP) is 2.95. The Morgan fingerprint density at radius 3 is 2.83 bits per heavy atom. The van der Waals surface area contributed by atoms with Crippen molar-refractivity contribution in [2.24, 2.45) is 5.92 Å². The summed E-state index contributed by atoms with van der Waals surface area (Å²) < 4.78 is 0. The maximum Gasteiger partial charge on any atom is 0.232 e. The van der Waals surface area contributed by atoms with Gasteiger partial charge in [0.2, 0.25) is 5.91 Å². The second kappa shape index (κ2) is 7.32. The number of aromatic nitrogens is 1. The molecule has 23 heavy (non-hydrogen) atoms. The number of pyridine rings is 1. The van der Waals surface area contributed by atoms with Crippen LogP contribution in [0.1, 0.15) is 19.8 Å². The van der Waals surface area contributed by atoms with Crippen LogP contribution in [0.25, 0.3) is 10.8 Å². The van der Waals surface area contributed by atoms with E-state index in [1.54, 1.807) is 6.20 Å². The van der Waals surface area contributed by atoms with Gasteiger partial charge < -0.3 is 10.0 Å². The van der Waals surface area contributed by atoms with Crippen molar-refractivity contribution in [1.82, 2.24) is 9.88 Å². The Kier molecular flexibility index (Phi) is 5.18. The second-order valence-corrected chi connectivity index (χ2v) is 7.05. The molecule has 0 aliphatic carbocycles. The molecule has 1 amide bonds. The number of likely N-dealkylation sites (tertiary alicyclic amines) is 1. The van der Waals surface area contributed by atoms with Crippen LogP contribution in [0.4, 0.5) is 0 Å². The van der Waals surface area contributed by atoms with Gasteiger partial charge in [0.25, 0.3) is 0 Å². The van der Waals surface area contributed by atoms with E-state index in [0.717, 1.165) is 41.7 Å². The highest BCUT2D eigenvalue weighted by molar-refractivity contribution is 8.00. The molecule has 1 N–H and O–H groups in total. The van der Waals surface area contributed by atoms with Crippen LogP contribution < -0.4 is 0 Å². The first-order chi connectivity index (χ1) is 11.1. The number of carbonyl (C=O) groups is 1. The Labute approximate surface area is 140 Å². The summed E-state index contributed by atoms with van der Waals surface area (Å²) in [4.78, 5) is 18.7. The fourth-order valence-corrected chi connectivity index (χ4v) is 3.98. The van der Waals surface area contributed by atoms with Gasteiger partial charge in [0.15, 0.2) is 0 Å². The van der Waals surface area contributed by atoms with E-state index >= 15 is 0 Å². The number of thioether (sulfide) groups is 1. The Morgan fingerprint density at radius 2 is 2.09 bits per heavy atom. The lowest BCUT2D eigenvalue weighted by Crippen LogP contribution is -2.41. The SMILES string of the molecule is CC(O)C1CCN(C(=O)CSc2nccc3ccccc23)CC1. The van der Waals surface area contributed by atoms with Crippen molar-refractivity contribution in [3.8, 4) is 0 Å². The fourth-order valence-electron chi connectivity index (χ4n) is 3.06. The van der Waals surface area contributed by atoms with E-state index in [1.807, 2.05) is 36.1 Å². The Hall–Kier alpha value is -1.59. The molecule has 1 aromatic heterocycles. The zero-order valence-corrected chi connectivity index (χ0v) is 14.1. The lowest BCUT2D eigenvalue weighted by atomic mass is 9.92. The Morgan fingerprint density at radius 1 is 1.35 bits per heavy atom. The summed E-state index contributed by atoms with van der Waals surface area (Å²) in [7, 11) is 0. The number of amides is 1. The molecule has 4 nitrogen and oxygen atoms in total. The molecule has 1 aliphatic rings. The van der Waals surface area contributed by atoms with Crippen molar-refractivity contribution in [3.63, 3.8) is 0 Å². The smallest absolute Gasteiger partial charge is 0.232 e. The first-order valence-corrected chi connectivity index (χ1v) is 9.06. The van der Waals surface area contributed by atoms with Crippen LogP contribution in [-0.4, -0.2) is 45.8 Å². The summed E-state index contributed by atoms with van der Waals surface area (Å²) >= 11 is 1.51. The molecule has 0 saturated carbocycles. The number of piperidine rings is 1. The third-order valence-corrected chi connectivity index (χ3v) is 5.53. The Balaban J connectivity index is 1.59. The predicted molar refractivity (Wildman–Crippen MR) is 93.5 cm³/mol. The molecule has 1 saturated heterocycles. The van der Waals surface area contributed by atoms with Crippen LogP contribution in [0.5, 0.6) is 0 Å². The number of carbonyl (C=O) groups excluding carboxylic acids is 1. The molecule has 1 unspecified atom stereocenters. The van der Waals surface area contributed by atoms with E-state index in [9.17, 15) is 9.90 Å². The summed E-state index contributed by atoms with van der Waals surface area (Å²) in [6, 6.07) is 10.1. The highest BCUT2D eigenvalue weighted by Gasteiger charge is 2.25. The standard InChI is InChI=1S/C18H22N2O2S/c1-13(21)14-7-10-20(11-8-14)17(22)12-23-18-16-5-3-2-4-15(16)6-9-19-18/h2-6,9,13-14,21H,7-8,10-12H2,1H3. The molecule has 0 spiro atoms. The zero-order chi connectivity index (χ0) is 16.2. The quantitative estimate of drug-likeness (QED) is 0.876. The number of benzene rings is 1. The third kappa shape index (κ3) is 3.85. The van der Waals surface area contributed by atoms with Crippen LogP contribution in [-0.2, 0) is 4.79 Å². The summed E-state index contributed by atoms with van der Waals surface area (Å²) in [6.45, 7) is 3.33. The van der Waals surface area contributed by atoms with Gasteiger partial charge in [-0.2, -0.15) is 0 Å². The number of fused-ring (bicyclic) bond motifs is 1. The number of rotatable bonds is 4. The molecular weight excluding hydrogens is 308 g/mol. The van der Waals surface area contributed by atoms with E-state index in [2.05, 4.69) is 11.1 Å². The van der Waals surface area contributed by atoms with E-state index < -0.39 is 0 Å². The van der Waals surface area contributed by atoms with Gasteiger partial charge in [-0.25, -0.2) is 4.98 Å². The van der Waals surface area contributed by atoms with Crippen molar-refractivity contribution in [2.45, 2.75) is 30.9 Å². The van der Waals surface area contributed by atoms with Gasteiger partial charge in [0.05, 0.1) is 11.9 Å². The van der Waals surface area contributed by atoms with Gasteiger partial charge in [-0.05, 0) is 37.1 Å². The highest BCUT2D eigenvalue weighted by atomic mass is 32.2. The minimum Gasteiger partial charge on any atom is -0.393 e. The molecule has 2 aromatic rings. The van der Waals surface area contributed by atoms with Gasteiger partial charge in [0.1, 0.15) is 5.03 Å². The lowest BCUT2D eigenvalue weighted by Gasteiger charge is -2.33. The molecule has 0 radical (unpaired) electrons. The van der Waals surface area contributed by atoms with E-state index in [4.69, 9.17) is 0 Å². The van der Waals surface area contributed by atoms with Gasteiger partial charge in [-0.3, -0.25) is 4.79 Å². The lowest BCUT2D eigenvalue weighted by molar-refractivity contribution is -0.130. The number of hydrogen-bond acceptors (Lipinski definition) is 4. The van der Waals surface area contributed by atoms with Crippen LogP contribution in [0.2, 0.25) is 0 Å². The van der Waals surface area contributed by atoms with Gasteiger partial charge in [0, 0.05) is 24.7 Å². The monoisotopic (exact) mass is 330 g/mol. The van der Waals surface area contributed by atoms with Crippen LogP contribution in [0.15, 0.2) is 41.6 Å². The summed E-state index contributed by atoms with van der Waals surface area (Å²) in [5.74, 6) is 0.903. The molecule has 122 valence electrons. The van der Waals surface area contributed by atoms with Crippen molar-refractivity contribution in [3.05, 3.63) is 36.5 Å². The van der Waals surface area contributed by atoms with Crippen molar-refractivity contribution in [1.29, 1.82) is 0 Å². The molecule has 1 aliphatic heterocycles. The zero-order valence-electron chi connectivity index (χ0n) is 13.3. The normalized spacial score (nSPS) is 17.4. The maximum absolute atomic E-state index is 12.4. The van der Waals surface area contributed by atoms with Crippen molar-refractivity contribution in [2.75, 3.05) is 18.8 Å². The molecule has 0 bridgehead atoms. The van der Waals surface area contributed by atoms with E-state index in [-0.39, 0.29) is 12.0 Å². The molecule has 1 aromatic carbocycles. The topological polar surface area (TPSA) is 53.4 Å². The first-order valence-electron chi connectivity index (χ1n) is 8.07. The highest BCUT2D eigenvalue weighted by Crippen LogP contribution is 2.26. The van der Waals surface area contributed by atoms with Crippen molar-refractivity contribution >= 4 is 28.4 Å². The van der Waals surface area contributed by atoms with Crippen molar-refractivity contribution < 1.29 is 9.90 Å². The largest absolute Gasteiger partial charge is 0.393 e. The Bertz CT molecular complexity index is 676. The van der Waals surface area contributed by atoms with Gasteiger partial charge >= 0.3 is 0 Å². The number of nitrogens with zero attached hydrogens (tertiary/aromatic N) is 2. The van der Waals surface area contributed by atoms with Crippen LogP contribution in [0.3, 0.4) is 0 Å². The minimum absolute atomic E-state index is 0.161. The summed E-state index contributed by atoms with van der Waals surface area (Å²) in [5.41, 5.74) is 0. The van der Waals surface area contributed by atoms with E-state index in [0.29, 0.717) is 11.7 Å². The molecule has 1 atom stereocenters. The molecule has 2 heterocycles. The fraction of sp³-hybridized carbons (Fsp3) is 0.444. The second-order valence-electron chi connectivity index (χ2n) is 6.08. The third-order valence-electron chi connectivity index (χ3n) is 4.54. The van der Waals surface area contributed by atoms with Crippen LogP contribution >= 0.6 is 11.8 Å². The molecular formula is C18H22N2O2S. The molecule has 1 fully saturated rings. The van der Waals surface area contributed by atoms with Gasteiger partial charge in [-0.1, -0.05) is 36.0 Å².